The first-order chi connectivity index (χ1) is 14.1. The molecule has 0 aliphatic carbocycles. The minimum absolute atomic E-state index is 0.0209. The Hall–Kier alpha value is -3.15. The fourth-order valence-corrected chi connectivity index (χ4v) is 3.22. The Morgan fingerprint density at radius 1 is 0.897 bits per heavy atom. The van der Waals surface area contributed by atoms with Crippen LogP contribution in [0.2, 0.25) is 10.0 Å². The molecule has 0 atom stereocenters. The maximum absolute atomic E-state index is 12.7. The summed E-state index contributed by atoms with van der Waals surface area (Å²) in [5, 5.41) is 8.25. The van der Waals surface area contributed by atoms with E-state index < -0.39 is 0 Å². The lowest BCUT2D eigenvalue weighted by Crippen LogP contribution is -2.20. The Labute approximate surface area is 177 Å². The van der Waals surface area contributed by atoms with E-state index in [0.29, 0.717) is 27.4 Å². The van der Waals surface area contributed by atoms with Gasteiger partial charge in [0, 0.05) is 16.1 Å². The average molecular weight is 423 g/mol. The number of aromatic nitrogens is 3. The third kappa shape index (κ3) is 4.47. The van der Waals surface area contributed by atoms with Crippen LogP contribution in [0.5, 0.6) is 0 Å². The fourth-order valence-electron chi connectivity index (χ4n) is 2.88. The summed E-state index contributed by atoms with van der Waals surface area (Å²) < 4.78 is 1.59. The molecular weight excluding hydrogens is 407 g/mol. The van der Waals surface area contributed by atoms with E-state index in [-0.39, 0.29) is 12.5 Å². The lowest BCUT2D eigenvalue weighted by molar-refractivity contribution is -0.116. The standard InChI is InChI=1S/C22H16Cl2N4O/c23-17-11-12-18(24)19(13-17)25-20(29)14-28-22(16-9-5-2-6-10-16)26-21(27-28)15-7-3-1-4-8-15/h1-13H,14H2,(H,25,29). The number of hydrogen-bond donors (Lipinski definition) is 1. The summed E-state index contributed by atoms with van der Waals surface area (Å²) in [6.07, 6.45) is 0. The number of rotatable bonds is 5. The summed E-state index contributed by atoms with van der Waals surface area (Å²) in [7, 11) is 0. The van der Waals surface area contributed by atoms with E-state index in [9.17, 15) is 4.79 Å². The first-order valence-corrected chi connectivity index (χ1v) is 9.66. The van der Waals surface area contributed by atoms with Gasteiger partial charge in [0.05, 0.1) is 10.7 Å². The molecule has 1 amide bonds. The highest BCUT2D eigenvalue weighted by Gasteiger charge is 2.16. The Morgan fingerprint density at radius 2 is 1.55 bits per heavy atom. The number of halogens is 2. The van der Waals surface area contributed by atoms with Gasteiger partial charge in [-0.1, -0.05) is 83.9 Å². The normalized spacial score (nSPS) is 10.7. The van der Waals surface area contributed by atoms with E-state index >= 15 is 0 Å². The molecule has 0 aliphatic heterocycles. The van der Waals surface area contributed by atoms with Gasteiger partial charge in [0.2, 0.25) is 5.91 Å². The molecule has 1 N–H and O–H groups in total. The van der Waals surface area contributed by atoms with Gasteiger partial charge in [0.25, 0.3) is 0 Å². The molecule has 0 saturated carbocycles. The zero-order chi connectivity index (χ0) is 20.2. The van der Waals surface area contributed by atoms with E-state index in [4.69, 9.17) is 23.2 Å². The van der Waals surface area contributed by atoms with Crippen molar-refractivity contribution in [1.29, 1.82) is 0 Å². The molecule has 0 fully saturated rings. The van der Waals surface area contributed by atoms with E-state index in [0.717, 1.165) is 11.1 Å². The highest BCUT2D eigenvalue weighted by molar-refractivity contribution is 6.35. The van der Waals surface area contributed by atoms with Gasteiger partial charge < -0.3 is 5.32 Å². The molecule has 0 radical (unpaired) electrons. The van der Waals surface area contributed by atoms with E-state index in [2.05, 4.69) is 15.4 Å². The van der Waals surface area contributed by atoms with Gasteiger partial charge in [-0.25, -0.2) is 9.67 Å². The van der Waals surface area contributed by atoms with E-state index in [1.165, 1.54) is 0 Å². The molecule has 7 heteroatoms. The number of nitrogens with zero attached hydrogens (tertiary/aromatic N) is 3. The van der Waals surface area contributed by atoms with Crippen LogP contribution in [0.3, 0.4) is 0 Å². The molecule has 3 aromatic carbocycles. The van der Waals surface area contributed by atoms with Crippen LogP contribution in [0, 0.1) is 0 Å². The van der Waals surface area contributed by atoms with E-state index in [1.807, 2.05) is 60.7 Å². The summed E-state index contributed by atoms with van der Waals surface area (Å²) in [6.45, 7) is -0.0209. The number of carbonyl (C=O) groups excluding carboxylic acids is 1. The van der Waals surface area contributed by atoms with Gasteiger partial charge in [0.15, 0.2) is 11.6 Å². The summed E-state index contributed by atoms with van der Waals surface area (Å²) in [5.41, 5.74) is 2.20. The van der Waals surface area contributed by atoms with Crippen molar-refractivity contribution in [3.05, 3.63) is 88.9 Å². The van der Waals surface area contributed by atoms with Gasteiger partial charge in [-0.05, 0) is 18.2 Å². The quantitative estimate of drug-likeness (QED) is 0.457. The van der Waals surface area contributed by atoms with Gasteiger partial charge in [0.1, 0.15) is 6.54 Å². The molecular formula is C22H16Cl2N4O. The molecule has 4 rings (SSSR count). The highest BCUT2D eigenvalue weighted by Crippen LogP contribution is 2.26. The van der Waals surface area contributed by atoms with Crippen molar-refractivity contribution in [2.24, 2.45) is 0 Å². The van der Waals surface area contributed by atoms with Crippen molar-refractivity contribution in [1.82, 2.24) is 14.8 Å². The molecule has 0 spiro atoms. The van der Waals surface area contributed by atoms with E-state index in [1.54, 1.807) is 22.9 Å². The summed E-state index contributed by atoms with van der Waals surface area (Å²) >= 11 is 12.1. The average Bonchev–Trinajstić information content (AvgIpc) is 3.15. The lowest BCUT2D eigenvalue weighted by Gasteiger charge is -2.09. The molecule has 144 valence electrons. The maximum Gasteiger partial charge on any atom is 0.246 e. The van der Waals surface area contributed by atoms with Gasteiger partial charge in [-0.15, -0.1) is 5.10 Å². The zero-order valence-electron chi connectivity index (χ0n) is 15.2. The first kappa shape index (κ1) is 19.2. The number of carbonyl (C=O) groups is 1. The Kier molecular flexibility index (Phi) is 5.60. The molecule has 1 heterocycles. The molecule has 29 heavy (non-hydrogen) atoms. The zero-order valence-corrected chi connectivity index (χ0v) is 16.7. The predicted octanol–water partition coefficient (Wildman–Crippen LogP) is 5.56. The van der Waals surface area contributed by atoms with Crippen molar-refractivity contribution < 1.29 is 4.79 Å². The highest BCUT2D eigenvalue weighted by atomic mass is 35.5. The van der Waals surface area contributed by atoms with Crippen molar-refractivity contribution in [3.8, 4) is 22.8 Å². The van der Waals surface area contributed by atoms with Crippen molar-refractivity contribution in [3.63, 3.8) is 0 Å². The predicted molar refractivity (Wildman–Crippen MR) is 116 cm³/mol. The number of anilines is 1. The summed E-state index contributed by atoms with van der Waals surface area (Å²) in [4.78, 5) is 17.3. The third-order valence-corrected chi connectivity index (χ3v) is 4.80. The second-order valence-corrected chi connectivity index (χ2v) is 7.16. The largest absolute Gasteiger partial charge is 0.323 e. The van der Waals surface area contributed by atoms with Crippen LogP contribution in [-0.4, -0.2) is 20.7 Å². The summed E-state index contributed by atoms with van der Waals surface area (Å²) in [6, 6.07) is 24.2. The number of hydrogen-bond acceptors (Lipinski definition) is 3. The maximum atomic E-state index is 12.7. The van der Waals surface area contributed by atoms with Crippen molar-refractivity contribution in [2.45, 2.75) is 6.54 Å². The van der Waals surface area contributed by atoms with Crippen LogP contribution in [0.15, 0.2) is 78.9 Å². The van der Waals surface area contributed by atoms with Crippen LogP contribution in [0.25, 0.3) is 22.8 Å². The lowest BCUT2D eigenvalue weighted by atomic mass is 10.2. The van der Waals surface area contributed by atoms with Crippen molar-refractivity contribution >= 4 is 34.8 Å². The third-order valence-electron chi connectivity index (χ3n) is 4.23. The van der Waals surface area contributed by atoms with Gasteiger partial charge in [-0.2, -0.15) is 0 Å². The molecule has 0 bridgehead atoms. The van der Waals surface area contributed by atoms with Crippen LogP contribution < -0.4 is 5.32 Å². The number of nitrogens with one attached hydrogen (secondary N) is 1. The first-order valence-electron chi connectivity index (χ1n) is 8.91. The molecule has 0 saturated heterocycles. The Balaban J connectivity index is 1.66. The van der Waals surface area contributed by atoms with Crippen LogP contribution in [0.1, 0.15) is 0 Å². The summed E-state index contributed by atoms with van der Waals surface area (Å²) in [5.74, 6) is 0.880. The molecule has 0 unspecified atom stereocenters. The van der Waals surface area contributed by atoms with Gasteiger partial charge in [-0.3, -0.25) is 4.79 Å². The minimum Gasteiger partial charge on any atom is -0.323 e. The number of benzene rings is 3. The fraction of sp³-hybridized carbons (Fsp3) is 0.0455. The molecule has 1 aromatic heterocycles. The minimum atomic E-state index is -0.282. The second kappa shape index (κ2) is 8.47. The smallest absolute Gasteiger partial charge is 0.246 e. The van der Waals surface area contributed by atoms with Gasteiger partial charge >= 0.3 is 0 Å². The Morgan fingerprint density at radius 3 is 2.24 bits per heavy atom. The number of amides is 1. The van der Waals surface area contributed by atoms with Crippen LogP contribution in [0.4, 0.5) is 5.69 Å². The van der Waals surface area contributed by atoms with Crippen LogP contribution >= 0.6 is 23.2 Å². The second-order valence-electron chi connectivity index (χ2n) is 6.32. The monoisotopic (exact) mass is 422 g/mol. The van der Waals surface area contributed by atoms with Crippen LogP contribution in [-0.2, 0) is 11.3 Å². The molecule has 0 aliphatic rings. The Bertz CT molecular complexity index is 1140. The SMILES string of the molecule is O=C(Cn1nc(-c2ccccc2)nc1-c1ccccc1)Nc1cc(Cl)ccc1Cl. The molecule has 4 aromatic rings. The topological polar surface area (TPSA) is 59.8 Å². The molecule has 5 nitrogen and oxygen atoms in total. The van der Waals surface area contributed by atoms with Crippen molar-refractivity contribution in [2.75, 3.05) is 5.32 Å².